The van der Waals surface area contributed by atoms with Crippen LogP contribution in [-0.2, 0) is 17.9 Å². The first-order valence-corrected chi connectivity index (χ1v) is 6.40. The van der Waals surface area contributed by atoms with Gasteiger partial charge in [0.1, 0.15) is 18.1 Å². The highest BCUT2D eigenvalue weighted by Crippen LogP contribution is 2.18. The van der Waals surface area contributed by atoms with Crippen LogP contribution < -0.4 is 5.32 Å². The molecule has 0 unspecified atom stereocenters. The smallest absolute Gasteiger partial charge is 0.158 e. The number of nitrogens with one attached hydrogen (secondary N) is 1. The zero-order valence-electron chi connectivity index (χ0n) is 11.6. The van der Waals surface area contributed by atoms with Crippen molar-refractivity contribution in [1.29, 1.82) is 0 Å². The molecular formula is C13H19N5O. The highest BCUT2D eigenvalue weighted by atomic mass is 16.5. The molecule has 2 aromatic rings. The molecule has 2 aromatic heterocycles. The van der Waals surface area contributed by atoms with Gasteiger partial charge in [-0.05, 0) is 13.8 Å². The third-order valence-electron chi connectivity index (χ3n) is 2.69. The summed E-state index contributed by atoms with van der Waals surface area (Å²) < 4.78 is 7.16. The Morgan fingerprint density at radius 3 is 2.84 bits per heavy atom. The van der Waals surface area contributed by atoms with Crippen molar-refractivity contribution >= 4 is 5.82 Å². The lowest BCUT2D eigenvalue weighted by Gasteiger charge is -2.09. The van der Waals surface area contributed by atoms with E-state index in [1.165, 1.54) is 0 Å². The van der Waals surface area contributed by atoms with Crippen LogP contribution in [0, 0.1) is 0 Å². The van der Waals surface area contributed by atoms with Crippen LogP contribution in [-0.4, -0.2) is 33.2 Å². The summed E-state index contributed by atoms with van der Waals surface area (Å²) in [5.41, 5.74) is 0.810. The van der Waals surface area contributed by atoms with E-state index in [-0.39, 0.29) is 0 Å². The van der Waals surface area contributed by atoms with Gasteiger partial charge in [0.2, 0.25) is 0 Å². The van der Waals surface area contributed by atoms with Crippen molar-refractivity contribution in [2.24, 2.45) is 0 Å². The molecule has 6 heteroatoms. The Kier molecular flexibility index (Phi) is 4.46. The van der Waals surface area contributed by atoms with Gasteiger partial charge in [-0.1, -0.05) is 0 Å². The van der Waals surface area contributed by atoms with Gasteiger partial charge in [-0.25, -0.2) is 15.0 Å². The Bertz CT molecular complexity index is 513. The monoisotopic (exact) mass is 261 g/mol. The van der Waals surface area contributed by atoms with Crippen LogP contribution in [0.2, 0.25) is 0 Å². The number of imidazole rings is 1. The van der Waals surface area contributed by atoms with Crippen molar-refractivity contribution in [3.05, 3.63) is 24.3 Å². The largest absolute Gasteiger partial charge is 0.377 e. The number of anilines is 1. The normalized spacial score (nSPS) is 10.7. The van der Waals surface area contributed by atoms with Gasteiger partial charge in [-0.15, -0.1) is 0 Å². The molecular weight excluding hydrogens is 242 g/mol. The summed E-state index contributed by atoms with van der Waals surface area (Å²) in [5.74, 6) is 2.30. The van der Waals surface area contributed by atoms with E-state index in [9.17, 15) is 0 Å². The molecule has 0 radical (unpaired) electrons. The zero-order valence-corrected chi connectivity index (χ0v) is 11.6. The van der Waals surface area contributed by atoms with Crippen LogP contribution in [0.4, 0.5) is 5.82 Å². The van der Waals surface area contributed by atoms with Gasteiger partial charge in [0.15, 0.2) is 11.6 Å². The molecule has 2 heterocycles. The van der Waals surface area contributed by atoms with Crippen molar-refractivity contribution in [2.75, 3.05) is 19.0 Å². The number of aryl methyl sites for hydroxylation is 1. The topological polar surface area (TPSA) is 64.9 Å². The van der Waals surface area contributed by atoms with Crippen LogP contribution in [0.5, 0.6) is 0 Å². The average molecular weight is 261 g/mol. The van der Waals surface area contributed by atoms with Gasteiger partial charge in [0.05, 0.1) is 0 Å². The minimum absolute atomic E-state index is 0.388. The van der Waals surface area contributed by atoms with Crippen LogP contribution in [0.3, 0.4) is 0 Å². The average Bonchev–Trinajstić information content (AvgIpc) is 2.87. The number of aromatic nitrogens is 4. The first-order valence-electron chi connectivity index (χ1n) is 6.40. The fourth-order valence-electron chi connectivity index (χ4n) is 1.87. The van der Waals surface area contributed by atoms with E-state index < -0.39 is 0 Å². The maximum absolute atomic E-state index is 5.11. The summed E-state index contributed by atoms with van der Waals surface area (Å²) in [5, 5.41) is 3.20. The first kappa shape index (κ1) is 13.5. The van der Waals surface area contributed by atoms with Crippen LogP contribution >= 0.6 is 0 Å². The summed E-state index contributed by atoms with van der Waals surface area (Å²) >= 11 is 0. The number of hydrogen-bond acceptors (Lipinski definition) is 5. The number of rotatable bonds is 6. The van der Waals surface area contributed by atoms with E-state index in [2.05, 4.69) is 31.8 Å². The molecule has 0 fully saturated rings. The second kappa shape index (κ2) is 6.29. The predicted molar refractivity (Wildman–Crippen MR) is 73.8 cm³/mol. The van der Waals surface area contributed by atoms with Gasteiger partial charge >= 0.3 is 0 Å². The lowest BCUT2D eigenvalue weighted by atomic mass is 10.3. The Hall–Kier alpha value is -1.95. The quantitative estimate of drug-likeness (QED) is 0.860. The van der Waals surface area contributed by atoms with Crippen LogP contribution in [0.1, 0.15) is 19.7 Å². The molecule has 19 heavy (non-hydrogen) atoms. The molecule has 0 aliphatic rings. The highest BCUT2D eigenvalue weighted by Gasteiger charge is 2.10. The summed E-state index contributed by atoms with van der Waals surface area (Å²) in [6.45, 7) is 6.16. The molecule has 2 rings (SSSR count). The Morgan fingerprint density at radius 2 is 2.16 bits per heavy atom. The van der Waals surface area contributed by atoms with Crippen molar-refractivity contribution < 1.29 is 4.74 Å². The van der Waals surface area contributed by atoms with Gasteiger partial charge in [-0.2, -0.15) is 0 Å². The summed E-state index contributed by atoms with van der Waals surface area (Å²) in [7, 11) is 1.63. The SMILES string of the molecule is CCNc1cc(-c2nccn2CC)nc(COC)n1. The maximum atomic E-state index is 5.11. The fraction of sp³-hybridized carbons (Fsp3) is 0.462. The van der Waals surface area contributed by atoms with Gasteiger partial charge in [0.25, 0.3) is 0 Å². The van der Waals surface area contributed by atoms with Crippen molar-refractivity contribution in [3.8, 4) is 11.5 Å². The standard InChI is InChI=1S/C13H19N5O/c1-4-14-11-8-10(16-12(17-11)9-19-3)13-15-6-7-18(13)5-2/h6-8H,4-5,9H2,1-3H3,(H,14,16,17). The number of hydrogen-bond donors (Lipinski definition) is 1. The Labute approximate surface area is 112 Å². The maximum Gasteiger partial charge on any atom is 0.158 e. The van der Waals surface area contributed by atoms with Gasteiger partial charge in [0, 0.05) is 38.7 Å². The molecule has 0 aliphatic carbocycles. The molecule has 102 valence electrons. The molecule has 0 atom stereocenters. The van der Waals surface area contributed by atoms with E-state index >= 15 is 0 Å². The van der Waals surface area contributed by atoms with Crippen LogP contribution in [0.25, 0.3) is 11.5 Å². The minimum atomic E-state index is 0.388. The second-order valence-electron chi connectivity index (χ2n) is 4.05. The van der Waals surface area contributed by atoms with Crippen molar-refractivity contribution in [1.82, 2.24) is 19.5 Å². The van der Waals surface area contributed by atoms with Gasteiger partial charge < -0.3 is 14.6 Å². The molecule has 6 nitrogen and oxygen atoms in total. The Balaban J connectivity index is 2.43. The zero-order chi connectivity index (χ0) is 13.7. The summed E-state index contributed by atoms with van der Waals surface area (Å²) in [6, 6.07) is 1.91. The lowest BCUT2D eigenvalue weighted by molar-refractivity contribution is 0.178. The molecule has 0 spiro atoms. The summed E-state index contributed by atoms with van der Waals surface area (Å²) in [6.07, 6.45) is 3.73. The molecule has 0 amide bonds. The Morgan fingerprint density at radius 1 is 1.32 bits per heavy atom. The molecule has 0 saturated heterocycles. The van der Waals surface area contributed by atoms with E-state index in [0.29, 0.717) is 12.4 Å². The van der Waals surface area contributed by atoms with Gasteiger partial charge in [-0.3, -0.25) is 0 Å². The van der Waals surface area contributed by atoms with Crippen molar-refractivity contribution in [2.45, 2.75) is 27.0 Å². The fourth-order valence-corrected chi connectivity index (χ4v) is 1.87. The molecule has 1 N–H and O–H groups in total. The summed E-state index contributed by atoms with van der Waals surface area (Å²) in [4.78, 5) is 13.3. The molecule has 0 aromatic carbocycles. The lowest BCUT2D eigenvalue weighted by Crippen LogP contribution is -2.07. The number of nitrogens with zero attached hydrogens (tertiary/aromatic N) is 4. The molecule has 0 saturated carbocycles. The van der Waals surface area contributed by atoms with E-state index in [0.717, 1.165) is 30.4 Å². The third-order valence-corrected chi connectivity index (χ3v) is 2.69. The third kappa shape index (κ3) is 3.08. The second-order valence-corrected chi connectivity index (χ2v) is 4.05. The van der Waals surface area contributed by atoms with Crippen molar-refractivity contribution in [3.63, 3.8) is 0 Å². The van der Waals surface area contributed by atoms with E-state index in [1.54, 1.807) is 13.3 Å². The minimum Gasteiger partial charge on any atom is -0.377 e. The van der Waals surface area contributed by atoms with E-state index in [1.807, 2.05) is 19.2 Å². The van der Waals surface area contributed by atoms with E-state index in [4.69, 9.17) is 4.74 Å². The number of ether oxygens (including phenoxy) is 1. The first-order chi connectivity index (χ1) is 9.28. The number of methoxy groups -OCH3 is 1. The highest BCUT2D eigenvalue weighted by molar-refractivity contribution is 5.55. The van der Waals surface area contributed by atoms with Crippen LogP contribution in [0.15, 0.2) is 18.5 Å². The predicted octanol–water partition coefficient (Wildman–Crippen LogP) is 1.94. The molecule has 0 aliphatic heterocycles. The molecule has 0 bridgehead atoms.